The third-order valence-corrected chi connectivity index (χ3v) is 4.15. The van der Waals surface area contributed by atoms with Crippen LogP contribution in [-0.4, -0.2) is 24.1 Å². The molecule has 104 valence electrons. The lowest BCUT2D eigenvalue weighted by molar-refractivity contribution is -0.122. The van der Waals surface area contributed by atoms with Crippen molar-refractivity contribution in [1.82, 2.24) is 4.98 Å². The molecule has 20 heavy (non-hydrogen) atoms. The van der Waals surface area contributed by atoms with Crippen molar-refractivity contribution in [1.29, 1.82) is 0 Å². The zero-order chi connectivity index (χ0) is 13.9. The molecule has 0 bridgehead atoms. The minimum Gasteiger partial charge on any atom is -0.381 e. The van der Waals surface area contributed by atoms with Gasteiger partial charge in [0.05, 0.1) is 5.52 Å². The SMILES string of the molecule is O=C(Nc1ccc2cccc(Br)c2n1)C1CCOCC1. The smallest absolute Gasteiger partial charge is 0.228 e. The second-order valence-corrected chi connectivity index (χ2v) is 5.74. The van der Waals surface area contributed by atoms with Crippen molar-refractivity contribution >= 4 is 38.6 Å². The minimum atomic E-state index is 0.0282. The van der Waals surface area contributed by atoms with Gasteiger partial charge in [-0.25, -0.2) is 4.98 Å². The molecule has 1 aromatic heterocycles. The molecule has 0 unspecified atom stereocenters. The zero-order valence-corrected chi connectivity index (χ0v) is 12.5. The number of anilines is 1. The summed E-state index contributed by atoms with van der Waals surface area (Å²) >= 11 is 3.48. The van der Waals surface area contributed by atoms with E-state index in [-0.39, 0.29) is 11.8 Å². The molecule has 0 spiro atoms. The highest BCUT2D eigenvalue weighted by Gasteiger charge is 2.21. The van der Waals surface area contributed by atoms with Crippen LogP contribution >= 0.6 is 15.9 Å². The van der Waals surface area contributed by atoms with Gasteiger partial charge in [-0.05, 0) is 47.0 Å². The molecule has 1 saturated heterocycles. The molecule has 2 aromatic rings. The fraction of sp³-hybridized carbons (Fsp3) is 0.333. The van der Waals surface area contributed by atoms with Gasteiger partial charge in [0.2, 0.25) is 5.91 Å². The summed E-state index contributed by atoms with van der Waals surface area (Å²) in [5.41, 5.74) is 0.859. The average Bonchev–Trinajstić information content (AvgIpc) is 2.49. The quantitative estimate of drug-likeness (QED) is 0.916. The van der Waals surface area contributed by atoms with E-state index in [4.69, 9.17) is 4.74 Å². The van der Waals surface area contributed by atoms with E-state index < -0.39 is 0 Å². The number of carbonyl (C=O) groups is 1. The van der Waals surface area contributed by atoms with Gasteiger partial charge in [0.15, 0.2) is 0 Å². The Morgan fingerprint density at radius 2 is 2.05 bits per heavy atom. The number of nitrogens with zero attached hydrogens (tertiary/aromatic N) is 1. The van der Waals surface area contributed by atoms with Crippen LogP contribution in [0.15, 0.2) is 34.8 Å². The van der Waals surface area contributed by atoms with E-state index in [1.807, 2.05) is 30.3 Å². The molecule has 0 atom stereocenters. The second-order valence-electron chi connectivity index (χ2n) is 4.88. The molecule has 1 amide bonds. The van der Waals surface area contributed by atoms with Crippen LogP contribution in [0.3, 0.4) is 0 Å². The van der Waals surface area contributed by atoms with E-state index >= 15 is 0 Å². The first-order chi connectivity index (χ1) is 9.74. The van der Waals surface area contributed by atoms with Crippen LogP contribution in [0.1, 0.15) is 12.8 Å². The zero-order valence-electron chi connectivity index (χ0n) is 10.9. The topological polar surface area (TPSA) is 51.2 Å². The molecular formula is C15H15BrN2O2. The van der Waals surface area contributed by atoms with Crippen LogP contribution in [-0.2, 0) is 9.53 Å². The highest BCUT2D eigenvalue weighted by atomic mass is 79.9. The van der Waals surface area contributed by atoms with Gasteiger partial charge >= 0.3 is 0 Å². The highest BCUT2D eigenvalue weighted by molar-refractivity contribution is 9.10. The Balaban J connectivity index is 1.80. The molecule has 0 radical (unpaired) electrons. The number of aromatic nitrogens is 1. The van der Waals surface area contributed by atoms with Crippen LogP contribution in [0.25, 0.3) is 10.9 Å². The number of fused-ring (bicyclic) bond motifs is 1. The van der Waals surface area contributed by atoms with E-state index in [1.54, 1.807) is 0 Å². The molecule has 1 aliphatic rings. The summed E-state index contributed by atoms with van der Waals surface area (Å²) in [6.07, 6.45) is 1.56. The number of benzene rings is 1. The lowest BCUT2D eigenvalue weighted by Gasteiger charge is -2.21. The largest absolute Gasteiger partial charge is 0.381 e. The summed E-state index contributed by atoms with van der Waals surface area (Å²) in [7, 11) is 0. The Labute approximate surface area is 125 Å². The third kappa shape index (κ3) is 2.83. The Morgan fingerprint density at radius 1 is 1.25 bits per heavy atom. The first-order valence-corrected chi connectivity index (χ1v) is 7.47. The summed E-state index contributed by atoms with van der Waals surface area (Å²) < 4.78 is 6.20. The average molecular weight is 335 g/mol. The lowest BCUT2D eigenvalue weighted by Crippen LogP contribution is -2.28. The number of para-hydroxylation sites is 1. The molecule has 0 aliphatic carbocycles. The Kier molecular flexibility index (Phi) is 3.98. The number of carbonyl (C=O) groups excluding carboxylic acids is 1. The van der Waals surface area contributed by atoms with Gasteiger partial charge in [0.1, 0.15) is 5.82 Å². The number of halogens is 1. The molecular weight excluding hydrogens is 320 g/mol. The minimum absolute atomic E-state index is 0.0282. The molecule has 1 aromatic carbocycles. The number of hydrogen-bond donors (Lipinski definition) is 1. The maximum atomic E-state index is 12.2. The predicted molar refractivity (Wildman–Crippen MR) is 81.6 cm³/mol. The van der Waals surface area contributed by atoms with Crippen LogP contribution in [0.2, 0.25) is 0 Å². The summed E-state index contributed by atoms with van der Waals surface area (Å²) in [6.45, 7) is 1.32. The Hall–Kier alpha value is -1.46. The van der Waals surface area contributed by atoms with Crippen LogP contribution in [0.5, 0.6) is 0 Å². The number of hydrogen-bond acceptors (Lipinski definition) is 3. The lowest BCUT2D eigenvalue weighted by atomic mass is 9.99. The molecule has 1 fully saturated rings. The molecule has 5 heteroatoms. The summed E-state index contributed by atoms with van der Waals surface area (Å²) in [5, 5.41) is 3.95. The normalized spacial score (nSPS) is 16.2. The van der Waals surface area contributed by atoms with Crippen molar-refractivity contribution in [3.8, 4) is 0 Å². The number of ether oxygens (including phenoxy) is 1. The molecule has 1 aliphatic heterocycles. The molecule has 0 saturated carbocycles. The van der Waals surface area contributed by atoms with Crippen LogP contribution < -0.4 is 5.32 Å². The van der Waals surface area contributed by atoms with Gasteiger partial charge in [-0.2, -0.15) is 0 Å². The highest BCUT2D eigenvalue weighted by Crippen LogP contribution is 2.24. The number of amides is 1. The second kappa shape index (κ2) is 5.89. The van der Waals surface area contributed by atoms with Crippen molar-refractivity contribution in [2.24, 2.45) is 5.92 Å². The van der Waals surface area contributed by atoms with Crippen molar-refractivity contribution < 1.29 is 9.53 Å². The number of pyridine rings is 1. The Morgan fingerprint density at radius 3 is 2.85 bits per heavy atom. The standard InChI is InChI=1S/C15H15BrN2O2/c16-12-3-1-2-10-4-5-13(17-14(10)12)18-15(19)11-6-8-20-9-7-11/h1-5,11H,6-9H2,(H,17,18,19). The van der Waals surface area contributed by atoms with Gasteiger partial charge in [-0.1, -0.05) is 12.1 Å². The maximum absolute atomic E-state index is 12.2. The van der Waals surface area contributed by atoms with E-state index in [9.17, 15) is 4.79 Å². The van der Waals surface area contributed by atoms with Gasteiger partial charge in [-0.3, -0.25) is 4.79 Å². The van der Waals surface area contributed by atoms with E-state index in [1.165, 1.54) is 0 Å². The van der Waals surface area contributed by atoms with Gasteiger partial charge in [0.25, 0.3) is 0 Å². The number of nitrogens with one attached hydrogen (secondary N) is 1. The molecule has 4 nitrogen and oxygen atoms in total. The predicted octanol–water partition coefficient (Wildman–Crippen LogP) is 3.36. The molecule has 2 heterocycles. The van der Waals surface area contributed by atoms with Crippen molar-refractivity contribution in [3.05, 3.63) is 34.8 Å². The van der Waals surface area contributed by atoms with Crippen molar-refractivity contribution in [3.63, 3.8) is 0 Å². The monoisotopic (exact) mass is 334 g/mol. The third-order valence-electron chi connectivity index (χ3n) is 3.51. The van der Waals surface area contributed by atoms with Crippen LogP contribution in [0, 0.1) is 5.92 Å². The maximum Gasteiger partial charge on any atom is 0.228 e. The Bertz CT molecular complexity index is 639. The van der Waals surface area contributed by atoms with Gasteiger partial charge in [0, 0.05) is 29.0 Å². The van der Waals surface area contributed by atoms with Crippen LogP contribution in [0.4, 0.5) is 5.82 Å². The number of rotatable bonds is 2. The first-order valence-electron chi connectivity index (χ1n) is 6.68. The molecule has 1 N–H and O–H groups in total. The van der Waals surface area contributed by atoms with Gasteiger partial charge in [-0.15, -0.1) is 0 Å². The fourth-order valence-corrected chi connectivity index (χ4v) is 2.84. The van der Waals surface area contributed by atoms with E-state index in [2.05, 4.69) is 26.2 Å². The first kappa shape index (κ1) is 13.5. The van der Waals surface area contributed by atoms with Gasteiger partial charge < -0.3 is 10.1 Å². The van der Waals surface area contributed by atoms with Crippen molar-refractivity contribution in [2.45, 2.75) is 12.8 Å². The summed E-state index contributed by atoms with van der Waals surface area (Å²) in [6, 6.07) is 9.71. The molecule has 3 rings (SSSR count). The van der Waals surface area contributed by atoms with E-state index in [0.29, 0.717) is 19.0 Å². The fourth-order valence-electron chi connectivity index (χ4n) is 2.37. The summed E-state index contributed by atoms with van der Waals surface area (Å²) in [5.74, 6) is 0.661. The summed E-state index contributed by atoms with van der Waals surface area (Å²) in [4.78, 5) is 16.7. The van der Waals surface area contributed by atoms with Crippen molar-refractivity contribution in [2.75, 3.05) is 18.5 Å². The van der Waals surface area contributed by atoms with E-state index in [0.717, 1.165) is 28.2 Å².